The van der Waals surface area contributed by atoms with Crippen LogP contribution in [0, 0.1) is 0 Å². The molecule has 71 heavy (non-hydrogen) atoms. The number of hydrogen-bond acceptors (Lipinski definition) is 12. The quantitative estimate of drug-likeness (QED) is 0.0240. The van der Waals surface area contributed by atoms with Crippen molar-refractivity contribution in [1.29, 1.82) is 0 Å². The van der Waals surface area contributed by atoms with E-state index >= 15 is 0 Å². The van der Waals surface area contributed by atoms with E-state index in [1.54, 1.807) is 6.55 Å². The van der Waals surface area contributed by atoms with E-state index in [4.69, 9.17) is 31.8 Å². The highest BCUT2D eigenvalue weighted by molar-refractivity contribution is 6.70. The van der Waals surface area contributed by atoms with Gasteiger partial charge in [-0.2, -0.15) is 0 Å². The molecule has 0 aliphatic heterocycles. The zero-order valence-electron chi connectivity index (χ0n) is 48.1. The number of halogens is 2. The van der Waals surface area contributed by atoms with Gasteiger partial charge in [0, 0.05) is 40.3 Å². The summed E-state index contributed by atoms with van der Waals surface area (Å²) in [4.78, 5) is 63.1. The van der Waals surface area contributed by atoms with E-state index in [1.807, 2.05) is 0 Å². The Kier molecular flexibility index (Phi) is 62.0. The van der Waals surface area contributed by atoms with Crippen LogP contribution in [-0.4, -0.2) is 159 Å². The van der Waals surface area contributed by atoms with Gasteiger partial charge in [-0.25, -0.2) is 0 Å². The molecule has 0 heterocycles. The SMILES string of the molecule is CCCCCCCCCCCCCCCCCC[N+](C)(C)CCC[Si](C)(O)O.CCCCCCCCCCCCCCCCCC[N+](C)(C)CCC[Si](O)(OC)O[Si](O)(OC)OC.C[Si](O)(O)O.[Cl-].[Cl-].[OH-]. The summed E-state index contributed by atoms with van der Waals surface area (Å²) < 4.78 is 22.4. The van der Waals surface area contributed by atoms with Crippen molar-refractivity contribution in [3.05, 3.63) is 0 Å². The highest BCUT2D eigenvalue weighted by Gasteiger charge is 2.51. The van der Waals surface area contributed by atoms with Gasteiger partial charge in [0.25, 0.3) is 0 Å². The second-order valence-electron chi connectivity index (χ2n) is 21.7. The minimum Gasteiger partial charge on any atom is -1.00 e. The summed E-state index contributed by atoms with van der Waals surface area (Å²) >= 11 is 0. The van der Waals surface area contributed by atoms with Crippen LogP contribution in [0.3, 0.4) is 0 Å². The van der Waals surface area contributed by atoms with Gasteiger partial charge in [-0.05, 0) is 44.7 Å². The molecular weight excluding hydrogens is 1020 g/mol. The van der Waals surface area contributed by atoms with Crippen molar-refractivity contribution in [2.45, 2.75) is 257 Å². The number of rotatable bonds is 47. The Morgan fingerprint density at radius 3 is 0.761 bits per heavy atom. The third-order valence-electron chi connectivity index (χ3n) is 13.0. The fourth-order valence-electron chi connectivity index (χ4n) is 8.53. The van der Waals surface area contributed by atoms with Gasteiger partial charge in [-0.3, -0.25) is 0 Å². The van der Waals surface area contributed by atoms with Crippen LogP contribution in [0.5, 0.6) is 0 Å². The summed E-state index contributed by atoms with van der Waals surface area (Å²) in [6.45, 7) is 11.5. The predicted molar refractivity (Wildman–Crippen MR) is 296 cm³/mol. The first-order valence-electron chi connectivity index (χ1n) is 28.0. The van der Waals surface area contributed by atoms with Crippen LogP contribution in [0.2, 0.25) is 25.2 Å². The molecule has 0 aliphatic rings. The van der Waals surface area contributed by atoms with Crippen LogP contribution >= 0.6 is 0 Å². The average Bonchev–Trinajstić information content (AvgIpc) is 3.25. The van der Waals surface area contributed by atoms with Gasteiger partial charge in [0.2, 0.25) is 0 Å². The molecule has 0 spiro atoms. The number of nitrogens with zero attached hydrogens (tertiary/aromatic N) is 2. The average molecular weight is 1140 g/mol. The largest absolute Gasteiger partial charge is 1.00 e. The third-order valence-corrected chi connectivity index (χ3v) is 19.3. The van der Waals surface area contributed by atoms with Crippen LogP contribution < -0.4 is 24.8 Å². The zero-order chi connectivity index (χ0) is 52.1. The summed E-state index contributed by atoms with van der Waals surface area (Å²) in [5.41, 5.74) is 0. The van der Waals surface area contributed by atoms with Crippen molar-refractivity contribution in [3.63, 3.8) is 0 Å². The van der Waals surface area contributed by atoms with Crippen molar-refractivity contribution >= 4 is 35.2 Å². The molecule has 0 aliphatic carbocycles. The van der Waals surface area contributed by atoms with Crippen LogP contribution in [0.25, 0.3) is 0 Å². The molecule has 14 nitrogen and oxygen atoms in total. The van der Waals surface area contributed by atoms with E-state index in [0.717, 1.165) is 48.0 Å². The molecular formula is C51H121Cl2N2O12Si4-. The van der Waals surface area contributed by atoms with E-state index < -0.39 is 35.2 Å². The second kappa shape index (κ2) is 52.9. The molecule has 0 saturated heterocycles. The van der Waals surface area contributed by atoms with Gasteiger partial charge in [0.05, 0.1) is 54.4 Å². The van der Waals surface area contributed by atoms with E-state index in [1.165, 1.54) is 233 Å². The van der Waals surface area contributed by atoms with Crippen LogP contribution in [0.4, 0.5) is 0 Å². The fraction of sp³-hybridized carbons (Fsp3) is 1.00. The van der Waals surface area contributed by atoms with E-state index in [-0.39, 0.29) is 30.3 Å². The third kappa shape index (κ3) is 68.9. The number of hydrogen-bond donors (Lipinski definition) is 7. The predicted octanol–water partition coefficient (Wildman–Crippen LogP) is 5.16. The molecule has 0 amide bonds. The molecule has 0 fully saturated rings. The Bertz CT molecular complexity index is 1060. The molecule has 0 rings (SSSR count). The molecule has 0 bridgehead atoms. The maximum atomic E-state index is 10.6. The first kappa shape index (κ1) is 83.2. The van der Waals surface area contributed by atoms with Gasteiger partial charge in [0.1, 0.15) is 0 Å². The summed E-state index contributed by atoms with van der Waals surface area (Å²) in [7, 11) is -0.775. The monoisotopic (exact) mass is 1140 g/mol. The van der Waals surface area contributed by atoms with Crippen molar-refractivity contribution in [2.24, 2.45) is 0 Å². The topological polar surface area (TPSA) is 209 Å². The Labute approximate surface area is 456 Å². The lowest BCUT2D eigenvalue weighted by molar-refractivity contribution is -0.890. The molecule has 0 aromatic heterocycles. The normalized spacial score (nSPS) is 12.9. The highest BCUT2D eigenvalue weighted by Crippen LogP contribution is 2.21. The smallest absolute Gasteiger partial charge is 0.668 e. The molecule has 1 unspecified atom stereocenters. The maximum absolute atomic E-state index is 10.6. The molecule has 0 aromatic rings. The molecule has 0 aromatic carbocycles. The lowest BCUT2D eigenvalue weighted by Gasteiger charge is -2.32. The molecule has 0 radical (unpaired) electrons. The fourth-order valence-corrected chi connectivity index (χ4v) is 13.4. The first-order chi connectivity index (χ1) is 31.9. The van der Waals surface area contributed by atoms with E-state index in [0.29, 0.717) is 12.1 Å². The van der Waals surface area contributed by atoms with Crippen molar-refractivity contribution in [2.75, 3.05) is 75.7 Å². The van der Waals surface area contributed by atoms with Gasteiger partial charge >= 0.3 is 35.2 Å². The lowest BCUT2D eigenvalue weighted by Crippen LogP contribution is -3.00. The summed E-state index contributed by atoms with van der Waals surface area (Å²) in [5, 5.41) is 0. The Hall–Kier alpha value is 0.888. The Morgan fingerprint density at radius 1 is 0.338 bits per heavy atom. The summed E-state index contributed by atoms with van der Waals surface area (Å²) in [5.74, 6) is 0. The maximum Gasteiger partial charge on any atom is 0.668 e. The molecule has 0 saturated carbocycles. The number of quaternary nitrogens is 2. The molecule has 438 valence electrons. The van der Waals surface area contributed by atoms with E-state index in [2.05, 4.69) is 42.0 Å². The standard InChI is InChI=1S/C26H60NO6Si2.C24H54NO2Si.CH6O3Si.2ClH.H2O/c1-7-8-9-10-11-12-13-14-15-16-17-18-19-20-21-22-24-27(2,3)25-23-26-34(28,30-4)33-35(29,31-5)32-6;1-5-6-7-8-9-10-11-12-13-14-15-16-17-18-19-20-22-25(2,3)23-21-24-28(4,26)27;1-5(2,3)4;;;/h28-29H,7-26H2,1-6H3;26-27H,5-24H2,1-4H3;2-4H,1H3;2*1H;1H2/q2*+1;;;;/p-3. The van der Waals surface area contributed by atoms with Gasteiger partial charge < -0.3 is 90.2 Å². The van der Waals surface area contributed by atoms with Crippen LogP contribution in [0.15, 0.2) is 0 Å². The Morgan fingerprint density at radius 2 is 0.549 bits per heavy atom. The molecule has 20 heteroatoms. The first-order valence-corrected chi connectivity index (χ1v) is 36.6. The van der Waals surface area contributed by atoms with E-state index in [9.17, 15) is 19.2 Å². The Balaban J connectivity index is -0.000000265. The van der Waals surface area contributed by atoms with Gasteiger partial charge in [-0.1, -0.05) is 194 Å². The zero-order valence-corrected chi connectivity index (χ0v) is 53.7. The summed E-state index contributed by atoms with van der Waals surface area (Å²) in [6, 6.07) is 0.972. The minimum absolute atomic E-state index is 0. The van der Waals surface area contributed by atoms with Crippen LogP contribution in [-0.2, 0) is 17.4 Å². The second-order valence-corrected chi connectivity index (χ2v) is 31.6. The lowest BCUT2D eigenvalue weighted by atomic mass is 10.0. The van der Waals surface area contributed by atoms with Crippen molar-refractivity contribution < 1.29 is 90.2 Å². The molecule has 1 atom stereocenters. The van der Waals surface area contributed by atoms with Crippen molar-refractivity contribution in [1.82, 2.24) is 0 Å². The highest BCUT2D eigenvalue weighted by atomic mass is 35.5. The van der Waals surface area contributed by atoms with Crippen LogP contribution in [0.1, 0.15) is 232 Å². The summed E-state index contributed by atoms with van der Waals surface area (Å²) in [6.07, 6.45) is 46.6. The molecule has 8 N–H and O–H groups in total. The van der Waals surface area contributed by atoms with Gasteiger partial charge in [0.15, 0.2) is 0 Å². The number of unbranched alkanes of at least 4 members (excludes halogenated alkanes) is 30. The van der Waals surface area contributed by atoms with Gasteiger partial charge in [-0.15, -0.1) is 0 Å². The minimum atomic E-state index is -3.82. The van der Waals surface area contributed by atoms with Crippen molar-refractivity contribution in [3.8, 4) is 0 Å².